The first kappa shape index (κ1) is 23.0. The van der Waals surface area contributed by atoms with Gasteiger partial charge in [-0.05, 0) is 44.2 Å². The Bertz CT molecular complexity index is 1300. The summed E-state index contributed by atoms with van der Waals surface area (Å²) < 4.78 is 57.6. The van der Waals surface area contributed by atoms with E-state index in [0.717, 1.165) is 0 Å². The predicted molar refractivity (Wildman–Crippen MR) is 110 cm³/mol. The summed E-state index contributed by atoms with van der Waals surface area (Å²) in [7, 11) is 0. The zero-order chi connectivity index (χ0) is 24.5. The van der Waals surface area contributed by atoms with E-state index < -0.39 is 29.8 Å². The Morgan fingerprint density at radius 1 is 1.24 bits per heavy atom. The first-order valence-corrected chi connectivity index (χ1v) is 9.93. The molecule has 3 aromatic heterocycles. The van der Waals surface area contributed by atoms with E-state index in [9.17, 15) is 22.4 Å². The number of aryl methyl sites for hydroxylation is 1. The summed E-state index contributed by atoms with van der Waals surface area (Å²) in [5, 5.41) is 11.1. The Morgan fingerprint density at radius 2 is 2.03 bits per heavy atom. The standard InChI is InChI=1S/C21H17F4N7O2/c1-12-10-32(30-28-12)13(2)19(33)31(17-5-3-4-15(22)8-17)11-16-7-6-14(9-26-16)18-27-20(34-29-18)21(23,24)25/h3-10,13H,11H2,1-2H3. The quantitative estimate of drug-likeness (QED) is 0.389. The largest absolute Gasteiger partial charge is 0.471 e. The van der Waals surface area contributed by atoms with Crippen LogP contribution in [0.5, 0.6) is 0 Å². The van der Waals surface area contributed by atoms with Crippen molar-refractivity contribution in [2.45, 2.75) is 32.6 Å². The minimum atomic E-state index is -4.76. The minimum absolute atomic E-state index is 0.0410. The Labute approximate surface area is 190 Å². The van der Waals surface area contributed by atoms with Crippen LogP contribution in [0, 0.1) is 12.7 Å². The number of carbonyl (C=O) groups is 1. The molecule has 0 radical (unpaired) electrons. The van der Waals surface area contributed by atoms with Gasteiger partial charge < -0.3 is 9.42 Å². The Hall–Kier alpha value is -4.16. The number of pyridine rings is 1. The molecule has 0 aliphatic rings. The molecule has 176 valence electrons. The molecule has 34 heavy (non-hydrogen) atoms. The van der Waals surface area contributed by atoms with E-state index in [-0.39, 0.29) is 17.9 Å². The van der Waals surface area contributed by atoms with Crippen molar-refractivity contribution in [2.75, 3.05) is 4.90 Å². The van der Waals surface area contributed by atoms with Crippen LogP contribution in [-0.2, 0) is 17.5 Å². The lowest BCUT2D eigenvalue weighted by atomic mass is 10.2. The number of amides is 1. The predicted octanol–water partition coefficient (Wildman–Crippen LogP) is 3.98. The van der Waals surface area contributed by atoms with E-state index in [1.165, 1.54) is 46.1 Å². The zero-order valence-corrected chi connectivity index (χ0v) is 17.9. The fraction of sp³-hybridized carbons (Fsp3) is 0.238. The molecule has 0 saturated carbocycles. The van der Waals surface area contributed by atoms with Crippen LogP contribution in [0.15, 0.2) is 53.3 Å². The Kier molecular flexibility index (Phi) is 6.09. The van der Waals surface area contributed by atoms with Crippen LogP contribution < -0.4 is 4.90 Å². The fourth-order valence-corrected chi connectivity index (χ4v) is 3.10. The maximum atomic E-state index is 13.9. The van der Waals surface area contributed by atoms with Crippen LogP contribution in [0.4, 0.5) is 23.2 Å². The molecule has 0 spiro atoms. The van der Waals surface area contributed by atoms with E-state index >= 15 is 0 Å². The van der Waals surface area contributed by atoms with Gasteiger partial charge in [-0.1, -0.05) is 16.4 Å². The third-order valence-electron chi connectivity index (χ3n) is 4.84. The normalized spacial score (nSPS) is 12.5. The molecule has 1 atom stereocenters. The number of aromatic nitrogens is 6. The van der Waals surface area contributed by atoms with E-state index in [1.54, 1.807) is 26.1 Å². The van der Waals surface area contributed by atoms with E-state index in [0.29, 0.717) is 17.1 Å². The number of alkyl halides is 3. The van der Waals surface area contributed by atoms with Crippen molar-refractivity contribution in [3.8, 4) is 11.4 Å². The number of rotatable bonds is 6. The number of benzene rings is 1. The van der Waals surface area contributed by atoms with Crippen molar-refractivity contribution in [2.24, 2.45) is 0 Å². The van der Waals surface area contributed by atoms with Crippen molar-refractivity contribution in [3.05, 3.63) is 71.9 Å². The van der Waals surface area contributed by atoms with Crippen LogP contribution >= 0.6 is 0 Å². The van der Waals surface area contributed by atoms with E-state index in [2.05, 4.69) is 30.0 Å². The Morgan fingerprint density at radius 3 is 2.62 bits per heavy atom. The van der Waals surface area contributed by atoms with Gasteiger partial charge in [-0.2, -0.15) is 18.2 Å². The first-order chi connectivity index (χ1) is 16.1. The second-order valence-electron chi connectivity index (χ2n) is 7.38. The molecule has 0 N–H and O–H groups in total. The van der Waals surface area contributed by atoms with Crippen LogP contribution in [0.1, 0.15) is 30.2 Å². The molecule has 1 amide bonds. The number of anilines is 1. The van der Waals surface area contributed by atoms with Crippen molar-refractivity contribution in [1.29, 1.82) is 0 Å². The van der Waals surface area contributed by atoms with Gasteiger partial charge in [0.25, 0.3) is 5.91 Å². The molecule has 3 heterocycles. The van der Waals surface area contributed by atoms with Gasteiger partial charge in [-0.25, -0.2) is 9.07 Å². The SMILES string of the molecule is Cc1cn(C(C)C(=O)N(Cc2ccc(-c3noc(C(F)(F)F)n3)cn2)c2cccc(F)c2)nn1. The summed E-state index contributed by atoms with van der Waals surface area (Å²) in [6.07, 6.45) is -1.89. The molecule has 0 fully saturated rings. The fourth-order valence-electron chi connectivity index (χ4n) is 3.10. The van der Waals surface area contributed by atoms with Gasteiger partial charge in [0.15, 0.2) is 0 Å². The summed E-state index contributed by atoms with van der Waals surface area (Å²) in [6.45, 7) is 3.33. The van der Waals surface area contributed by atoms with Crippen molar-refractivity contribution in [1.82, 2.24) is 30.1 Å². The molecule has 0 aliphatic heterocycles. The second kappa shape index (κ2) is 9.00. The van der Waals surface area contributed by atoms with Gasteiger partial charge in [-0.15, -0.1) is 5.10 Å². The molecule has 4 aromatic rings. The molecule has 0 bridgehead atoms. The lowest BCUT2D eigenvalue weighted by Crippen LogP contribution is -2.36. The average Bonchev–Trinajstić information content (AvgIpc) is 3.46. The maximum absolute atomic E-state index is 13.9. The topological polar surface area (TPSA) is 103 Å². The van der Waals surface area contributed by atoms with Crippen LogP contribution in [0.3, 0.4) is 0 Å². The maximum Gasteiger partial charge on any atom is 0.471 e. The monoisotopic (exact) mass is 475 g/mol. The second-order valence-corrected chi connectivity index (χ2v) is 7.38. The van der Waals surface area contributed by atoms with Gasteiger partial charge in [0, 0.05) is 23.6 Å². The summed E-state index contributed by atoms with van der Waals surface area (Å²) >= 11 is 0. The number of halogens is 4. The zero-order valence-electron chi connectivity index (χ0n) is 17.9. The van der Waals surface area contributed by atoms with E-state index in [4.69, 9.17) is 0 Å². The van der Waals surface area contributed by atoms with Gasteiger partial charge in [0.1, 0.15) is 11.9 Å². The molecular formula is C21H17F4N7O2. The van der Waals surface area contributed by atoms with Gasteiger partial charge in [-0.3, -0.25) is 9.78 Å². The van der Waals surface area contributed by atoms with Gasteiger partial charge in [0.2, 0.25) is 5.82 Å². The van der Waals surface area contributed by atoms with Crippen molar-refractivity contribution >= 4 is 11.6 Å². The smallest absolute Gasteiger partial charge is 0.329 e. The number of hydrogen-bond donors (Lipinski definition) is 0. The molecule has 0 saturated heterocycles. The molecular weight excluding hydrogens is 458 g/mol. The number of carbonyl (C=O) groups excluding carboxylic acids is 1. The Balaban J connectivity index is 1.60. The molecule has 13 heteroatoms. The number of hydrogen-bond acceptors (Lipinski definition) is 7. The third-order valence-corrected chi connectivity index (χ3v) is 4.84. The van der Waals surface area contributed by atoms with Crippen LogP contribution in [0.25, 0.3) is 11.4 Å². The lowest BCUT2D eigenvalue weighted by molar-refractivity contribution is -0.159. The molecule has 1 aromatic carbocycles. The number of nitrogens with zero attached hydrogens (tertiary/aromatic N) is 7. The molecule has 1 unspecified atom stereocenters. The highest BCUT2D eigenvalue weighted by molar-refractivity contribution is 5.95. The summed E-state index contributed by atoms with van der Waals surface area (Å²) in [5.74, 6) is -2.67. The van der Waals surface area contributed by atoms with Gasteiger partial charge in [0.05, 0.1) is 17.9 Å². The average molecular weight is 475 g/mol. The van der Waals surface area contributed by atoms with E-state index in [1.807, 2.05) is 0 Å². The summed E-state index contributed by atoms with van der Waals surface area (Å²) in [4.78, 5) is 22.2. The third kappa shape index (κ3) is 4.92. The lowest BCUT2D eigenvalue weighted by Gasteiger charge is -2.25. The summed E-state index contributed by atoms with van der Waals surface area (Å²) in [6, 6.07) is 7.72. The minimum Gasteiger partial charge on any atom is -0.329 e. The summed E-state index contributed by atoms with van der Waals surface area (Å²) in [5.41, 5.74) is 1.51. The molecule has 4 rings (SSSR count). The van der Waals surface area contributed by atoms with Crippen molar-refractivity contribution < 1.29 is 26.9 Å². The highest BCUT2D eigenvalue weighted by Gasteiger charge is 2.38. The van der Waals surface area contributed by atoms with Crippen LogP contribution in [-0.4, -0.2) is 36.0 Å². The van der Waals surface area contributed by atoms with Crippen molar-refractivity contribution in [3.63, 3.8) is 0 Å². The molecule has 0 aliphatic carbocycles. The highest BCUT2D eigenvalue weighted by atomic mass is 19.4. The highest BCUT2D eigenvalue weighted by Crippen LogP contribution is 2.29. The first-order valence-electron chi connectivity index (χ1n) is 9.93. The van der Waals surface area contributed by atoms with Crippen LogP contribution in [0.2, 0.25) is 0 Å². The van der Waals surface area contributed by atoms with Gasteiger partial charge >= 0.3 is 12.1 Å². The molecule has 9 nitrogen and oxygen atoms in total.